The first-order valence-electron chi connectivity index (χ1n) is 6.30. The molecule has 3 atom stereocenters. The smallest absolute Gasteiger partial charge is 0.0547 e. The molecular formula is C13H28OSi. The van der Waals surface area contributed by atoms with Crippen molar-refractivity contribution in [2.75, 3.05) is 0 Å². The summed E-state index contributed by atoms with van der Waals surface area (Å²) in [5.74, 6) is 0.708. The van der Waals surface area contributed by atoms with Gasteiger partial charge in [0.15, 0.2) is 0 Å². The lowest BCUT2D eigenvalue weighted by molar-refractivity contribution is 0.0568. The topological polar surface area (TPSA) is 20.2 Å². The zero-order valence-electron chi connectivity index (χ0n) is 11.3. The van der Waals surface area contributed by atoms with E-state index in [1.165, 1.54) is 12.8 Å². The standard InChI is InChI=1S/C13H28OSi/c1-13(2,3)10-7-8-12(11(14)9-10)15(4,5)6/h10-12,14H,7-9H2,1-6H3/t10-,11+,12+/m0/s1. The zero-order valence-corrected chi connectivity index (χ0v) is 12.3. The molecule has 0 spiro atoms. The molecule has 1 rings (SSSR count). The lowest BCUT2D eigenvalue weighted by atomic mass is 9.71. The lowest BCUT2D eigenvalue weighted by Gasteiger charge is -2.43. The van der Waals surface area contributed by atoms with Crippen LogP contribution in [0.2, 0.25) is 25.2 Å². The van der Waals surface area contributed by atoms with Gasteiger partial charge in [0.05, 0.1) is 14.2 Å². The van der Waals surface area contributed by atoms with E-state index in [2.05, 4.69) is 40.4 Å². The molecule has 90 valence electrons. The van der Waals surface area contributed by atoms with E-state index in [0.717, 1.165) is 6.42 Å². The molecule has 1 nitrogen and oxygen atoms in total. The van der Waals surface area contributed by atoms with Crippen LogP contribution >= 0.6 is 0 Å². The summed E-state index contributed by atoms with van der Waals surface area (Å²) in [5.41, 5.74) is 0.988. The molecule has 1 fully saturated rings. The van der Waals surface area contributed by atoms with Crippen molar-refractivity contribution in [3.63, 3.8) is 0 Å². The Morgan fingerprint density at radius 2 is 1.60 bits per heavy atom. The van der Waals surface area contributed by atoms with Crippen molar-refractivity contribution < 1.29 is 5.11 Å². The highest BCUT2D eigenvalue weighted by molar-refractivity contribution is 6.77. The van der Waals surface area contributed by atoms with E-state index in [1.54, 1.807) is 0 Å². The molecule has 0 aromatic rings. The van der Waals surface area contributed by atoms with Gasteiger partial charge >= 0.3 is 0 Å². The van der Waals surface area contributed by atoms with Crippen LogP contribution in [0.15, 0.2) is 0 Å². The van der Waals surface area contributed by atoms with E-state index in [9.17, 15) is 5.11 Å². The molecular weight excluding hydrogens is 200 g/mol. The molecule has 0 radical (unpaired) electrons. The van der Waals surface area contributed by atoms with E-state index < -0.39 is 8.07 Å². The van der Waals surface area contributed by atoms with Crippen LogP contribution < -0.4 is 0 Å². The number of hydrogen-bond acceptors (Lipinski definition) is 1. The molecule has 0 aromatic heterocycles. The third kappa shape index (κ3) is 3.32. The number of rotatable bonds is 1. The minimum atomic E-state index is -1.16. The van der Waals surface area contributed by atoms with Gasteiger partial charge < -0.3 is 5.11 Å². The molecule has 0 amide bonds. The molecule has 0 unspecified atom stereocenters. The Labute approximate surface area is 96.3 Å². The average Bonchev–Trinajstić information content (AvgIpc) is 1.99. The Kier molecular flexibility index (Phi) is 3.72. The van der Waals surface area contributed by atoms with E-state index in [-0.39, 0.29) is 6.10 Å². The van der Waals surface area contributed by atoms with Crippen LogP contribution in [0, 0.1) is 11.3 Å². The van der Waals surface area contributed by atoms with Gasteiger partial charge in [-0.1, -0.05) is 46.8 Å². The zero-order chi connectivity index (χ0) is 11.9. The predicted octanol–water partition coefficient (Wildman–Crippen LogP) is 3.90. The molecule has 2 heteroatoms. The van der Waals surface area contributed by atoms with Crippen molar-refractivity contribution in [1.29, 1.82) is 0 Å². The molecule has 0 heterocycles. The maximum Gasteiger partial charge on any atom is 0.0547 e. The lowest BCUT2D eigenvalue weighted by Crippen LogP contribution is -2.42. The second-order valence-electron chi connectivity index (χ2n) is 7.42. The average molecular weight is 228 g/mol. The Morgan fingerprint density at radius 3 is 1.93 bits per heavy atom. The number of aliphatic hydroxyl groups is 1. The van der Waals surface area contributed by atoms with Crippen molar-refractivity contribution in [1.82, 2.24) is 0 Å². The van der Waals surface area contributed by atoms with Gasteiger partial charge in [0, 0.05) is 0 Å². The summed E-state index contributed by atoms with van der Waals surface area (Å²) in [4.78, 5) is 0. The van der Waals surface area contributed by atoms with E-state index >= 15 is 0 Å². The molecule has 1 aliphatic rings. The second kappa shape index (κ2) is 4.21. The third-order valence-corrected chi connectivity index (χ3v) is 7.05. The van der Waals surface area contributed by atoms with Crippen LogP contribution in [0.25, 0.3) is 0 Å². The van der Waals surface area contributed by atoms with Gasteiger partial charge in [0.1, 0.15) is 0 Å². The first-order valence-corrected chi connectivity index (χ1v) is 9.88. The largest absolute Gasteiger partial charge is 0.393 e. The minimum Gasteiger partial charge on any atom is -0.393 e. The van der Waals surface area contributed by atoms with Crippen LogP contribution in [-0.4, -0.2) is 19.3 Å². The first-order chi connectivity index (χ1) is 6.62. The van der Waals surface area contributed by atoms with Crippen LogP contribution in [0.1, 0.15) is 40.0 Å². The molecule has 1 aliphatic carbocycles. The van der Waals surface area contributed by atoms with Crippen molar-refractivity contribution in [2.45, 2.75) is 71.3 Å². The molecule has 0 saturated heterocycles. The van der Waals surface area contributed by atoms with Gasteiger partial charge in [-0.2, -0.15) is 0 Å². The highest BCUT2D eigenvalue weighted by Gasteiger charge is 2.40. The van der Waals surface area contributed by atoms with E-state index in [1.807, 2.05) is 0 Å². The summed E-state index contributed by atoms with van der Waals surface area (Å²) in [7, 11) is -1.16. The first kappa shape index (κ1) is 13.2. The minimum absolute atomic E-state index is 0.0327. The van der Waals surface area contributed by atoms with Gasteiger partial charge in [-0.3, -0.25) is 0 Å². The monoisotopic (exact) mass is 228 g/mol. The van der Waals surface area contributed by atoms with Gasteiger partial charge in [-0.15, -0.1) is 0 Å². The maximum absolute atomic E-state index is 10.3. The van der Waals surface area contributed by atoms with Gasteiger partial charge in [-0.25, -0.2) is 0 Å². The predicted molar refractivity (Wildman–Crippen MR) is 69.9 cm³/mol. The van der Waals surface area contributed by atoms with Crippen LogP contribution in [0.3, 0.4) is 0 Å². The Morgan fingerprint density at radius 1 is 1.07 bits per heavy atom. The van der Waals surface area contributed by atoms with Gasteiger partial charge in [-0.05, 0) is 29.7 Å². The fourth-order valence-electron chi connectivity index (χ4n) is 2.94. The Bertz CT molecular complexity index is 212. The van der Waals surface area contributed by atoms with Gasteiger partial charge in [0.2, 0.25) is 0 Å². The van der Waals surface area contributed by atoms with Crippen LogP contribution in [0.4, 0.5) is 0 Å². The Hall–Kier alpha value is 0.177. The van der Waals surface area contributed by atoms with Crippen LogP contribution in [0.5, 0.6) is 0 Å². The summed E-state index contributed by atoms with van der Waals surface area (Å²) in [5, 5.41) is 10.3. The Balaban J connectivity index is 2.64. The number of aliphatic hydroxyl groups excluding tert-OH is 1. The summed E-state index contributed by atoms with van der Waals surface area (Å²) >= 11 is 0. The fraction of sp³-hybridized carbons (Fsp3) is 1.00. The quantitative estimate of drug-likeness (QED) is 0.675. The molecule has 0 aliphatic heterocycles. The summed E-state index contributed by atoms with van der Waals surface area (Å²) in [6.45, 7) is 14.1. The SMILES string of the molecule is CC(C)(C)[C@H]1CC[C@@H]([Si](C)(C)C)[C@H](O)C1. The normalized spacial score (nSPS) is 34.2. The van der Waals surface area contributed by atoms with Crippen molar-refractivity contribution >= 4 is 8.07 Å². The summed E-state index contributed by atoms with van der Waals surface area (Å²) in [6, 6.07) is 0. The second-order valence-corrected chi connectivity index (χ2v) is 12.9. The summed E-state index contributed by atoms with van der Waals surface area (Å²) < 4.78 is 0. The van der Waals surface area contributed by atoms with Crippen LogP contribution in [-0.2, 0) is 0 Å². The maximum atomic E-state index is 10.3. The highest BCUT2D eigenvalue weighted by Crippen LogP contribution is 2.45. The molecule has 0 aromatic carbocycles. The molecule has 15 heavy (non-hydrogen) atoms. The molecule has 0 bridgehead atoms. The fourth-order valence-corrected chi connectivity index (χ4v) is 5.27. The van der Waals surface area contributed by atoms with Crippen molar-refractivity contribution in [3.8, 4) is 0 Å². The molecule has 1 N–H and O–H groups in total. The van der Waals surface area contributed by atoms with E-state index in [4.69, 9.17) is 0 Å². The number of hydrogen-bond donors (Lipinski definition) is 1. The molecule has 1 saturated carbocycles. The highest BCUT2D eigenvalue weighted by atomic mass is 28.3. The van der Waals surface area contributed by atoms with Crippen molar-refractivity contribution in [2.24, 2.45) is 11.3 Å². The van der Waals surface area contributed by atoms with E-state index in [0.29, 0.717) is 16.9 Å². The van der Waals surface area contributed by atoms with Gasteiger partial charge in [0.25, 0.3) is 0 Å². The summed E-state index contributed by atoms with van der Waals surface area (Å²) in [6.07, 6.45) is 3.56. The third-order valence-electron chi connectivity index (χ3n) is 4.15. The van der Waals surface area contributed by atoms with Crippen molar-refractivity contribution in [3.05, 3.63) is 0 Å².